The number of anilines is 1. The quantitative estimate of drug-likeness (QED) is 0.689. The SMILES string of the molecule is CNC(CN(CC=O)C(=O)O)C1CCN(c2cccc(C3CC3)n2)CC1. The molecule has 3 rings (SSSR count). The van der Waals surface area contributed by atoms with Crippen LogP contribution < -0.4 is 10.2 Å². The number of carboxylic acid groups (broad SMARTS) is 1. The van der Waals surface area contributed by atoms with Gasteiger partial charge in [0.1, 0.15) is 12.1 Å². The fourth-order valence-electron chi connectivity index (χ4n) is 3.79. The monoisotopic (exact) mass is 360 g/mol. The summed E-state index contributed by atoms with van der Waals surface area (Å²) in [6.07, 6.45) is 4.06. The number of aldehydes is 1. The van der Waals surface area contributed by atoms with Gasteiger partial charge in [0.15, 0.2) is 0 Å². The zero-order chi connectivity index (χ0) is 18.5. The number of nitrogens with zero attached hydrogens (tertiary/aromatic N) is 3. The normalized spacial score (nSPS) is 19.2. The number of rotatable bonds is 8. The molecule has 2 N–H and O–H groups in total. The van der Waals surface area contributed by atoms with E-state index in [1.165, 1.54) is 23.4 Å². The first-order chi connectivity index (χ1) is 12.6. The summed E-state index contributed by atoms with van der Waals surface area (Å²) in [5.74, 6) is 2.10. The van der Waals surface area contributed by atoms with Crippen molar-refractivity contribution < 1.29 is 14.7 Å². The molecule has 1 atom stereocenters. The largest absolute Gasteiger partial charge is 0.465 e. The highest BCUT2D eigenvalue weighted by atomic mass is 16.4. The fourth-order valence-corrected chi connectivity index (χ4v) is 3.79. The standard InChI is InChI=1S/C19H28N4O3/c1-20-17(13-23(11-12-24)19(25)26)15-7-9-22(10-8-15)18-4-2-3-16(21-18)14-5-6-14/h2-4,12,14-15,17,20H,5-11,13H2,1H3,(H,25,26). The molecule has 0 aromatic carbocycles. The molecule has 1 saturated carbocycles. The molecular formula is C19H28N4O3. The Bertz CT molecular complexity index is 627. The van der Waals surface area contributed by atoms with Crippen molar-refractivity contribution in [2.45, 2.75) is 37.6 Å². The van der Waals surface area contributed by atoms with E-state index < -0.39 is 6.09 Å². The van der Waals surface area contributed by atoms with E-state index in [9.17, 15) is 14.7 Å². The van der Waals surface area contributed by atoms with Gasteiger partial charge in [0.2, 0.25) is 0 Å². The van der Waals surface area contributed by atoms with Gasteiger partial charge in [-0.15, -0.1) is 0 Å². The highest BCUT2D eigenvalue weighted by molar-refractivity contribution is 5.69. The molecule has 2 fully saturated rings. The van der Waals surface area contributed by atoms with Gasteiger partial charge in [-0.05, 0) is 50.8 Å². The van der Waals surface area contributed by atoms with Crippen LogP contribution in [0.1, 0.15) is 37.3 Å². The molecule has 1 aromatic rings. The van der Waals surface area contributed by atoms with Crippen molar-refractivity contribution >= 4 is 18.2 Å². The number of hydrogen-bond donors (Lipinski definition) is 2. The van der Waals surface area contributed by atoms with Gasteiger partial charge in [0.25, 0.3) is 0 Å². The third-order valence-corrected chi connectivity index (χ3v) is 5.54. The van der Waals surface area contributed by atoms with E-state index in [0.717, 1.165) is 31.7 Å². The minimum Gasteiger partial charge on any atom is -0.465 e. The molecule has 0 spiro atoms. The molecule has 1 amide bonds. The summed E-state index contributed by atoms with van der Waals surface area (Å²) < 4.78 is 0. The molecule has 26 heavy (non-hydrogen) atoms. The molecule has 2 heterocycles. The van der Waals surface area contributed by atoms with Crippen LogP contribution in [0.3, 0.4) is 0 Å². The Hall–Kier alpha value is -2.15. The van der Waals surface area contributed by atoms with Crippen molar-refractivity contribution in [3.63, 3.8) is 0 Å². The number of likely N-dealkylation sites (N-methyl/N-ethyl adjacent to an activating group) is 1. The number of piperidine rings is 1. The predicted molar refractivity (Wildman–Crippen MR) is 99.7 cm³/mol. The number of carbonyl (C=O) groups excluding carboxylic acids is 1. The van der Waals surface area contributed by atoms with Crippen molar-refractivity contribution in [3.8, 4) is 0 Å². The van der Waals surface area contributed by atoms with Crippen LogP contribution in [0, 0.1) is 5.92 Å². The van der Waals surface area contributed by atoms with Crippen LogP contribution in [0.2, 0.25) is 0 Å². The first-order valence-electron chi connectivity index (χ1n) is 9.43. The predicted octanol–water partition coefficient (Wildman–Crippen LogP) is 1.94. The summed E-state index contributed by atoms with van der Waals surface area (Å²) in [6.45, 7) is 2.10. The summed E-state index contributed by atoms with van der Waals surface area (Å²) in [5, 5.41) is 12.5. The van der Waals surface area contributed by atoms with Crippen molar-refractivity contribution in [2.24, 2.45) is 5.92 Å². The maximum atomic E-state index is 11.3. The molecule has 1 saturated heterocycles. The zero-order valence-corrected chi connectivity index (χ0v) is 15.3. The molecule has 1 aliphatic heterocycles. The minimum atomic E-state index is -1.05. The number of amides is 1. The Kier molecular flexibility index (Phi) is 6.08. The second-order valence-corrected chi connectivity index (χ2v) is 7.27. The number of pyridine rings is 1. The van der Waals surface area contributed by atoms with Gasteiger partial charge in [0.05, 0.1) is 6.54 Å². The average molecular weight is 360 g/mol. The van der Waals surface area contributed by atoms with Crippen LogP contribution in [0.15, 0.2) is 18.2 Å². The molecule has 142 valence electrons. The molecule has 2 aliphatic rings. The zero-order valence-electron chi connectivity index (χ0n) is 15.3. The van der Waals surface area contributed by atoms with Gasteiger partial charge in [-0.2, -0.15) is 0 Å². The lowest BCUT2D eigenvalue weighted by atomic mass is 9.89. The number of nitrogens with one attached hydrogen (secondary N) is 1. The van der Waals surface area contributed by atoms with Crippen LogP contribution in [0.5, 0.6) is 0 Å². The van der Waals surface area contributed by atoms with Crippen molar-refractivity contribution in [1.82, 2.24) is 15.2 Å². The molecule has 1 unspecified atom stereocenters. The van der Waals surface area contributed by atoms with Crippen molar-refractivity contribution in [3.05, 3.63) is 23.9 Å². The lowest BCUT2D eigenvalue weighted by Gasteiger charge is -2.38. The fraction of sp³-hybridized carbons (Fsp3) is 0.632. The number of carbonyl (C=O) groups is 2. The molecule has 7 nitrogen and oxygen atoms in total. The van der Waals surface area contributed by atoms with Gasteiger partial charge in [-0.1, -0.05) is 6.07 Å². The Balaban J connectivity index is 1.57. The first-order valence-corrected chi connectivity index (χ1v) is 9.43. The summed E-state index contributed by atoms with van der Waals surface area (Å²) in [7, 11) is 1.86. The third-order valence-electron chi connectivity index (χ3n) is 5.54. The molecule has 0 bridgehead atoms. The lowest BCUT2D eigenvalue weighted by molar-refractivity contribution is -0.108. The molecule has 7 heteroatoms. The summed E-state index contributed by atoms with van der Waals surface area (Å²) in [4.78, 5) is 30.3. The van der Waals surface area contributed by atoms with Crippen LogP contribution >= 0.6 is 0 Å². The molecular weight excluding hydrogens is 332 g/mol. The lowest BCUT2D eigenvalue weighted by Crippen LogP contribution is -2.49. The van der Waals surface area contributed by atoms with Gasteiger partial charge < -0.3 is 20.1 Å². The van der Waals surface area contributed by atoms with E-state index in [-0.39, 0.29) is 12.6 Å². The topological polar surface area (TPSA) is 85.8 Å². The Morgan fingerprint density at radius 1 is 1.38 bits per heavy atom. The van der Waals surface area contributed by atoms with E-state index in [2.05, 4.69) is 28.4 Å². The third kappa shape index (κ3) is 4.52. The minimum absolute atomic E-state index is 0.0546. The van der Waals surface area contributed by atoms with Gasteiger partial charge in [0, 0.05) is 37.3 Å². The highest BCUT2D eigenvalue weighted by Crippen LogP contribution is 2.39. The van der Waals surface area contributed by atoms with Crippen molar-refractivity contribution in [2.75, 3.05) is 38.1 Å². The van der Waals surface area contributed by atoms with E-state index in [4.69, 9.17) is 4.98 Å². The molecule has 1 aliphatic carbocycles. The summed E-state index contributed by atoms with van der Waals surface area (Å²) >= 11 is 0. The first kappa shape index (κ1) is 18.6. The average Bonchev–Trinajstić information content (AvgIpc) is 3.50. The van der Waals surface area contributed by atoms with E-state index in [1.54, 1.807) is 0 Å². The summed E-state index contributed by atoms with van der Waals surface area (Å²) in [5.41, 5.74) is 1.21. The highest BCUT2D eigenvalue weighted by Gasteiger charge is 2.30. The van der Waals surface area contributed by atoms with E-state index in [1.807, 2.05) is 7.05 Å². The molecule has 0 radical (unpaired) electrons. The Labute approximate surface area is 154 Å². The van der Waals surface area contributed by atoms with Crippen LogP contribution in [-0.4, -0.2) is 66.6 Å². The second kappa shape index (κ2) is 8.49. The Morgan fingerprint density at radius 3 is 2.69 bits per heavy atom. The number of aromatic nitrogens is 1. The maximum Gasteiger partial charge on any atom is 0.407 e. The van der Waals surface area contributed by atoms with Crippen LogP contribution in [-0.2, 0) is 4.79 Å². The van der Waals surface area contributed by atoms with Crippen molar-refractivity contribution in [1.29, 1.82) is 0 Å². The van der Waals surface area contributed by atoms with Gasteiger partial charge in [-0.25, -0.2) is 9.78 Å². The molecule has 1 aromatic heterocycles. The summed E-state index contributed by atoms with van der Waals surface area (Å²) in [6, 6.07) is 6.36. The van der Waals surface area contributed by atoms with Crippen LogP contribution in [0.25, 0.3) is 0 Å². The van der Waals surface area contributed by atoms with E-state index >= 15 is 0 Å². The van der Waals surface area contributed by atoms with Crippen LogP contribution in [0.4, 0.5) is 10.6 Å². The Morgan fingerprint density at radius 2 is 2.12 bits per heavy atom. The smallest absolute Gasteiger partial charge is 0.407 e. The van der Waals surface area contributed by atoms with E-state index in [0.29, 0.717) is 24.7 Å². The van der Waals surface area contributed by atoms with Gasteiger partial charge in [-0.3, -0.25) is 4.90 Å². The number of hydrogen-bond acceptors (Lipinski definition) is 5. The van der Waals surface area contributed by atoms with Gasteiger partial charge >= 0.3 is 6.09 Å². The second-order valence-electron chi connectivity index (χ2n) is 7.27. The maximum absolute atomic E-state index is 11.3.